The van der Waals surface area contributed by atoms with Crippen LogP contribution in [0.15, 0.2) is 36.4 Å². The number of rotatable bonds is 4. The van der Waals surface area contributed by atoms with Crippen molar-refractivity contribution >= 4 is 17.6 Å². The summed E-state index contributed by atoms with van der Waals surface area (Å²) in [6.07, 6.45) is 0.792. The van der Waals surface area contributed by atoms with Crippen molar-refractivity contribution in [1.29, 1.82) is 0 Å². The SMILES string of the molecule is CCc1cccc(C)c1NC(=O)c1cccc(C(=O)O)n1. The number of nitrogens with zero attached hydrogens (tertiary/aromatic N) is 1. The summed E-state index contributed by atoms with van der Waals surface area (Å²) in [5.74, 6) is -1.57. The molecule has 0 aliphatic heterocycles. The van der Waals surface area contributed by atoms with Crippen LogP contribution in [0.3, 0.4) is 0 Å². The zero-order valence-corrected chi connectivity index (χ0v) is 11.9. The van der Waals surface area contributed by atoms with Crippen molar-refractivity contribution in [3.8, 4) is 0 Å². The molecule has 0 fully saturated rings. The number of nitrogens with one attached hydrogen (secondary N) is 1. The Bertz CT molecular complexity index is 696. The van der Waals surface area contributed by atoms with E-state index in [1.54, 1.807) is 0 Å². The number of para-hydroxylation sites is 1. The van der Waals surface area contributed by atoms with E-state index in [2.05, 4.69) is 10.3 Å². The number of carboxylic acids is 1. The van der Waals surface area contributed by atoms with Crippen molar-refractivity contribution in [2.75, 3.05) is 5.32 Å². The number of hydrogen-bond acceptors (Lipinski definition) is 3. The Kier molecular flexibility index (Phi) is 4.33. The fourth-order valence-electron chi connectivity index (χ4n) is 2.06. The summed E-state index contributed by atoms with van der Waals surface area (Å²) in [5.41, 5.74) is 2.67. The van der Waals surface area contributed by atoms with E-state index < -0.39 is 11.9 Å². The zero-order chi connectivity index (χ0) is 15.4. The van der Waals surface area contributed by atoms with Crippen LogP contribution >= 0.6 is 0 Å². The normalized spacial score (nSPS) is 10.2. The van der Waals surface area contributed by atoms with E-state index in [-0.39, 0.29) is 11.4 Å². The van der Waals surface area contributed by atoms with Crippen LogP contribution in [-0.4, -0.2) is 22.0 Å². The highest BCUT2D eigenvalue weighted by Crippen LogP contribution is 2.21. The molecule has 2 N–H and O–H groups in total. The summed E-state index contributed by atoms with van der Waals surface area (Å²) in [6.45, 7) is 3.92. The summed E-state index contributed by atoms with van der Waals surface area (Å²) in [7, 11) is 0. The van der Waals surface area contributed by atoms with Crippen LogP contribution in [0.25, 0.3) is 0 Å². The summed E-state index contributed by atoms with van der Waals surface area (Å²) in [4.78, 5) is 27.0. The van der Waals surface area contributed by atoms with E-state index in [1.807, 2.05) is 32.0 Å². The predicted octanol–water partition coefficient (Wildman–Crippen LogP) is 2.90. The molecule has 0 spiro atoms. The number of anilines is 1. The highest BCUT2D eigenvalue weighted by Gasteiger charge is 2.13. The Hall–Kier alpha value is -2.69. The fourth-order valence-corrected chi connectivity index (χ4v) is 2.06. The minimum Gasteiger partial charge on any atom is -0.477 e. The van der Waals surface area contributed by atoms with E-state index in [4.69, 9.17) is 5.11 Å². The van der Waals surface area contributed by atoms with Gasteiger partial charge in [-0.2, -0.15) is 0 Å². The fraction of sp³-hybridized carbons (Fsp3) is 0.188. The predicted molar refractivity (Wildman–Crippen MR) is 79.7 cm³/mol. The maximum Gasteiger partial charge on any atom is 0.354 e. The van der Waals surface area contributed by atoms with Crippen LogP contribution in [0.5, 0.6) is 0 Å². The number of hydrogen-bond donors (Lipinski definition) is 2. The lowest BCUT2D eigenvalue weighted by atomic mass is 10.1. The molecule has 0 atom stereocenters. The van der Waals surface area contributed by atoms with Gasteiger partial charge in [0.15, 0.2) is 0 Å². The van der Waals surface area contributed by atoms with Gasteiger partial charge in [0.05, 0.1) is 0 Å². The van der Waals surface area contributed by atoms with Gasteiger partial charge in [-0.3, -0.25) is 4.79 Å². The number of aromatic carboxylic acids is 1. The topological polar surface area (TPSA) is 79.3 Å². The molecule has 2 rings (SSSR count). The van der Waals surface area contributed by atoms with Crippen LogP contribution in [0.4, 0.5) is 5.69 Å². The standard InChI is InChI=1S/C16H16N2O3/c1-3-11-7-4-6-10(2)14(11)18-15(19)12-8-5-9-13(17-12)16(20)21/h4-9H,3H2,1-2H3,(H,18,19)(H,20,21). The maximum absolute atomic E-state index is 12.2. The van der Waals surface area contributed by atoms with Crippen LogP contribution in [0, 0.1) is 6.92 Å². The van der Waals surface area contributed by atoms with Gasteiger partial charge in [-0.1, -0.05) is 31.2 Å². The number of carbonyl (C=O) groups excluding carboxylic acids is 1. The smallest absolute Gasteiger partial charge is 0.354 e. The first-order valence-corrected chi connectivity index (χ1v) is 6.63. The summed E-state index contributed by atoms with van der Waals surface area (Å²) >= 11 is 0. The minimum absolute atomic E-state index is 0.0835. The third-order valence-corrected chi connectivity index (χ3v) is 3.18. The van der Waals surface area contributed by atoms with Gasteiger partial charge < -0.3 is 10.4 Å². The number of pyridine rings is 1. The van der Waals surface area contributed by atoms with Gasteiger partial charge in [0.1, 0.15) is 11.4 Å². The highest BCUT2D eigenvalue weighted by atomic mass is 16.4. The Morgan fingerprint density at radius 1 is 1.14 bits per heavy atom. The highest BCUT2D eigenvalue weighted by molar-refractivity contribution is 6.04. The van der Waals surface area contributed by atoms with Crippen molar-refractivity contribution < 1.29 is 14.7 Å². The second-order valence-corrected chi connectivity index (χ2v) is 4.63. The Balaban J connectivity index is 2.30. The molecule has 5 heteroatoms. The first-order valence-electron chi connectivity index (χ1n) is 6.63. The molecule has 1 heterocycles. The van der Waals surface area contributed by atoms with Crippen LogP contribution < -0.4 is 5.32 Å². The third kappa shape index (κ3) is 3.25. The Morgan fingerprint density at radius 2 is 1.81 bits per heavy atom. The van der Waals surface area contributed by atoms with Crippen LogP contribution in [0.2, 0.25) is 0 Å². The molecule has 1 aromatic heterocycles. The van der Waals surface area contributed by atoms with E-state index in [9.17, 15) is 9.59 Å². The molecule has 1 amide bonds. The number of aromatic nitrogens is 1. The van der Waals surface area contributed by atoms with Crippen molar-refractivity contribution in [1.82, 2.24) is 4.98 Å². The first kappa shape index (κ1) is 14.7. The van der Waals surface area contributed by atoms with Gasteiger partial charge in [0, 0.05) is 5.69 Å². The van der Waals surface area contributed by atoms with Gasteiger partial charge in [-0.15, -0.1) is 0 Å². The maximum atomic E-state index is 12.2. The monoisotopic (exact) mass is 284 g/mol. The van der Waals surface area contributed by atoms with E-state index in [0.29, 0.717) is 0 Å². The molecule has 1 aromatic carbocycles. The first-order chi connectivity index (χ1) is 10.0. The van der Waals surface area contributed by atoms with Gasteiger partial charge in [-0.05, 0) is 36.6 Å². The molecule has 21 heavy (non-hydrogen) atoms. The van der Waals surface area contributed by atoms with Crippen LogP contribution in [-0.2, 0) is 6.42 Å². The van der Waals surface area contributed by atoms with Gasteiger partial charge in [0.25, 0.3) is 5.91 Å². The molecule has 108 valence electrons. The summed E-state index contributed by atoms with van der Waals surface area (Å²) < 4.78 is 0. The number of carbonyl (C=O) groups is 2. The Labute approximate surface area is 122 Å². The molecular weight excluding hydrogens is 268 g/mol. The van der Waals surface area contributed by atoms with Gasteiger partial charge in [-0.25, -0.2) is 9.78 Å². The molecule has 0 saturated heterocycles. The lowest BCUT2D eigenvalue weighted by Gasteiger charge is -2.12. The third-order valence-electron chi connectivity index (χ3n) is 3.18. The molecule has 2 aromatic rings. The number of carboxylic acid groups (broad SMARTS) is 1. The van der Waals surface area contributed by atoms with Crippen LogP contribution in [0.1, 0.15) is 39.0 Å². The van der Waals surface area contributed by atoms with Crippen molar-refractivity contribution in [3.05, 3.63) is 58.9 Å². The zero-order valence-electron chi connectivity index (χ0n) is 11.9. The molecule has 0 aliphatic rings. The second-order valence-electron chi connectivity index (χ2n) is 4.63. The molecule has 0 radical (unpaired) electrons. The number of amides is 1. The van der Waals surface area contributed by atoms with Crippen molar-refractivity contribution in [2.45, 2.75) is 20.3 Å². The molecule has 0 saturated carbocycles. The van der Waals surface area contributed by atoms with Crippen molar-refractivity contribution in [3.63, 3.8) is 0 Å². The minimum atomic E-state index is -1.16. The quantitative estimate of drug-likeness (QED) is 0.904. The Morgan fingerprint density at radius 3 is 2.48 bits per heavy atom. The van der Waals surface area contributed by atoms with Gasteiger partial charge >= 0.3 is 5.97 Å². The second kappa shape index (κ2) is 6.17. The average Bonchev–Trinajstić information content (AvgIpc) is 2.49. The van der Waals surface area contributed by atoms with E-state index >= 15 is 0 Å². The molecule has 0 aliphatic carbocycles. The average molecular weight is 284 g/mol. The summed E-state index contributed by atoms with van der Waals surface area (Å²) in [5, 5.41) is 11.7. The largest absolute Gasteiger partial charge is 0.477 e. The van der Waals surface area contributed by atoms with E-state index in [1.165, 1.54) is 18.2 Å². The molecule has 5 nitrogen and oxygen atoms in total. The molecule has 0 bridgehead atoms. The summed E-state index contributed by atoms with van der Waals surface area (Å²) in [6, 6.07) is 10.1. The number of benzene rings is 1. The molecule has 0 unspecified atom stereocenters. The van der Waals surface area contributed by atoms with Gasteiger partial charge in [0.2, 0.25) is 0 Å². The lowest BCUT2D eigenvalue weighted by Crippen LogP contribution is -2.17. The molecular formula is C16H16N2O3. The lowest BCUT2D eigenvalue weighted by molar-refractivity contribution is 0.0690. The van der Waals surface area contributed by atoms with Crippen molar-refractivity contribution in [2.24, 2.45) is 0 Å². The number of aryl methyl sites for hydroxylation is 2. The van der Waals surface area contributed by atoms with E-state index in [0.717, 1.165) is 23.2 Å².